The van der Waals surface area contributed by atoms with E-state index >= 15 is 0 Å². The highest BCUT2D eigenvalue weighted by molar-refractivity contribution is 6.32. The average molecular weight is 382 g/mol. The van der Waals surface area contributed by atoms with Crippen LogP contribution in [0.5, 0.6) is 5.75 Å². The van der Waals surface area contributed by atoms with E-state index in [2.05, 4.69) is 15.6 Å². The van der Waals surface area contributed by atoms with Gasteiger partial charge in [-0.1, -0.05) is 41.4 Å². The second-order valence-corrected chi connectivity index (χ2v) is 6.52. The molecule has 0 radical (unpaired) electrons. The third-order valence-electron chi connectivity index (χ3n) is 3.98. The van der Waals surface area contributed by atoms with Gasteiger partial charge in [-0.2, -0.15) is 0 Å². The van der Waals surface area contributed by atoms with Gasteiger partial charge in [0.15, 0.2) is 0 Å². The lowest BCUT2D eigenvalue weighted by atomic mass is 10.1. The molecule has 0 aliphatic heterocycles. The van der Waals surface area contributed by atoms with Crippen molar-refractivity contribution in [3.05, 3.63) is 82.6 Å². The van der Waals surface area contributed by atoms with Gasteiger partial charge < -0.3 is 15.4 Å². The summed E-state index contributed by atoms with van der Waals surface area (Å²) in [5.74, 6) is 0.421. The van der Waals surface area contributed by atoms with Crippen LogP contribution >= 0.6 is 11.6 Å². The molecule has 2 aromatic carbocycles. The Bertz CT molecular complexity index is 960. The summed E-state index contributed by atoms with van der Waals surface area (Å²) in [4.78, 5) is 16.6. The number of aromatic nitrogens is 1. The number of aryl methyl sites for hydroxylation is 1. The minimum atomic E-state index is -0.180. The maximum Gasteiger partial charge on any atom is 0.253 e. The number of pyridine rings is 1. The van der Waals surface area contributed by atoms with E-state index in [1.165, 1.54) is 6.20 Å². The summed E-state index contributed by atoms with van der Waals surface area (Å²) < 4.78 is 5.15. The fraction of sp³-hybridized carbons (Fsp3) is 0.143. The highest BCUT2D eigenvalue weighted by Crippen LogP contribution is 2.28. The number of nitrogens with zero attached hydrogens (tertiary/aromatic N) is 1. The average Bonchev–Trinajstić information content (AvgIpc) is 2.66. The van der Waals surface area contributed by atoms with E-state index in [9.17, 15) is 4.79 Å². The van der Waals surface area contributed by atoms with Crippen LogP contribution in [-0.4, -0.2) is 18.0 Å². The van der Waals surface area contributed by atoms with Crippen molar-refractivity contribution in [1.82, 2.24) is 10.3 Å². The molecule has 0 aliphatic rings. The van der Waals surface area contributed by atoms with Crippen LogP contribution in [0.1, 0.15) is 21.5 Å². The molecule has 0 unspecified atom stereocenters. The molecule has 0 atom stereocenters. The van der Waals surface area contributed by atoms with Crippen molar-refractivity contribution < 1.29 is 9.53 Å². The van der Waals surface area contributed by atoms with Crippen molar-refractivity contribution in [3.8, 4) is 5.75 Å². The van der Waals surface area contributed by atoms with E-state index in [-0.39, 0.29) is 5.91 Å². The fourth-order valence-electron chi connectivity index (χ4n) is 2.65. The SMILES string of the molecule is COc1ccc(Nc2cncc(C(=O)NCc3cccc(C)c3)c2)cc1Cl. The first-order chi connectivity index (χ1) is 13.0. The summed E-state index contributed by atoms with van der Waals surface area (Å²) in [6.07, 6.45) is 3.19. The maximum atomic E-state index is 12.4. The summed E-state index contributed by atoms with van der Waals surface area (Å²) in [6, 6.07) is 15.1. The van der Waals surface area contributed by atoms with Gasteiger partial charge in [0.2, 0.25) is 0 Å². The van der Waals surface area contributed by atoms with Crippen LogP contribution in [0.25, 0.3) is 0 Å². The normalized spacial score (nSPS) is 10.3. The molecule has 6 heteroatoms. The first-order valence-corrected chi connectivity index (χ1v) is 8.82. The molecular formula is C21H20ClN3O2. The summed E-state index contributed by atoms with van der Waals surface area (Å²) >= 11 is 6.14. The first kappa shape index (κ1) is 18.7. The first-order valence-electron chi connectivity index (χ1n) is 8.44. The van der Waals surface area contributed by atoms with Gasteiger partial charge in [-0.05, 0) is 36.8 Å². The Balaban J connectivity index is 1.67. The number of hydrogen-bond acceptors (Lipinski definition) is 4. The van der Waals surface area contributed by atoms with Crippen LogP contribution in [-0.2, 0) is 6.54 Å². The predicted octanol–water partition coefficient (Wildman–Crippen LogP) is 4.73. The van der Waals surface area contributed by atoms with Gasteiger partial charge in [0, 0.05) is 18.4 Å². The molecule has 5 nitrogen and oxygen atoms in total. The van der Waals surface area contributed by atoms with Crippen LogP contribution in [0.4, 0.5) is 11.4 Å². The fourth-order valence-corrected chi connectivity index (χ4v) is 2.91. The molecule has 0 spiro atoms. The number of halogens is 1. The van der Waals surface area contributed by atoms with Crippen LogP contribution in [0, 0.1) is 6.92 Å². The molecule has 0 aliphatic carbocycles. The Labute approximate surface area is 163 Å². The van der Waals surface area contributed by atoms with Gasteiger partial charge in [-0.3, -0.25) is 9.78 Å². The zero-order valence-electron chi connectivity index (χ0n) is 15.1. The lowest BCUT2D eigenvalue weighted by Crippen LogP contribution is -2.23. The molecule has 1 aromatic heterocycles. The molecule has 1 heterocycles. The lowest BCUT2D eigenvalue weighted by Gasteiger charge is -2.10. The Kier molecular flexibility index (Phi) is 5.94. The zero-order valence-corrected chi connectivity index (χ0v) is 15.9. The standard InChI is InChI=1S/C21H20ClN3O2/c1-14-4-3-5-15(8-14)11-24-21(26)16-9-18(13-23-12-16)25-17-6-7-20(27-2)19(22)10-17/h3-10,12-13,25H,11H2,1-2H3,(H,24,26). The van der Waals surface area contributed by atoms with E-state index < -0.39 is 0 Å². The van der Waals surface area contributed by atoms with Gasteiger partial charge in [0.05, 0.1) is 29.6 Å². The van der Waals surface area contributed by atoms with Crippen molar-refractivity contribution in [3.63, 3.8) is 0 Å². The molecule has 0 saturated heterocycles. The Morgan fingerprint density at radius 1 is 1.11 bits per heavy atom. The minimum absolute atomic E-state index is 0.180. The van der Waals surface area contributed by atoms with E-state index in [4.69, 9.17) is 16.3 Å². The molecule has 27 heavy (non-hydrogen) atoms. The topological polar surface area (TPSA) is 63.2 Å². The van der Waals surface area contributed by atoms with Crippen LogP contribution < -0.4 is 15.4 Å². The minimum Gasteiger partial charge on any atom is -0.495 e. The Hall–Kier alpha value is -3.05. The molecule has 0 saturated carbocycles. The van der Waals surface area contributed by atoms with Gasteiger partial charge >= 0.3 is 0 Å². The molecule has 1 amide bonds. The highest BCUT2D eigenvalue weighted by atomic mass is 35.5. The third-order valence-corrected chi connectivity index (χ3v) is 4.27. The molecule has 138 valence electrons. The van der Waals surface area contributed by atoms with Gasteiger partial charge in [-0.15, -0.1) is 0 Å². The number of hydrogen-bond donors (Lipinski definition) is 2. The molecule has 3 rings (SSSR count). The Morgan fingerprint density at radius 2 is 1.96 bits per heavy atom. The molecule has 3 aromatic rings. The molecule has 2 N–H and O–H groups in total. The number of methoxy groups -OCH3 is 1. The summed E-state index contributed by atoms with van der Waals surface area (Å²) in [5.41, 5.74) is 4.16. The van der Waals surface area contributed by atoms with Gasteiger partial charge in [-0.25, -0.2) is 0 Å². The van der Waals surface area contributed by atoms with Crippen molar-refractivity contribution in [1.29, 1.82) is 0 Å². The number of anilines is 2. The molecular weight excluding hydrogens is 362 g/mol. The second-order valence-electron chi connectivity index (χ2n) is 6.11. The van der Waals surface area contributed by atoms with Crippen LogP contribution in [0.15, 0.2) is 60.9 Å². The van der Waals surface area contributed by atoms with Crippen molar-refractivity contribution in [2.24, 2.45) is 0 Å². The molecule has 0 bridgehead atoms. The monoisotopic (exact) mass is 381 g/mol. The largest absolute Gasteiger partial charge is 0.495 e. The number of carbonyl (C=O) groups is 1. The molecule has 0 fully saturated rings. The second kappa shape index (κ2) is 8.56. The maximum absolute atomic E-state index is 12.4. The van der Waals surface area contributed by atoms with Crippen molar-refractivity contribution in [2.45, 2.75) is 13.5 Å². The lowest BCUT2D eigenvalue weighted by molar-refractivity contribution is 0.0950. The van der Waals surface area contributed by atoms with E-state index in [0.717, 1.165) is 16.8 Å². The van der Waals surface area contributed by atoms with E-state index in [1.807, 2.05) is 37.3 Å². The van der Waals surface area contributed by atoms with Crippen LogP contribution in [0.2, 0.25) is 5.02 Å². The number of amides is 1. The van der Waals surface area contributed by atoms with Crippen LogP contribution in [0.3, 0.4) is 0 Å². The summed E-state index contributed by atoms with van der Waals surface area (Å²) in [7, 11) is 1.57. The van der Waals surface area contributed by atoms with Gasteiger partial charge in [0.25, 0.3) is 5.91 Å². The number of nitrogens with one attached hydrogen (secondary N) is 2. The van der Waals surface area contributed by atoms with Gasteiger partial charge in [0.1, 0.15) is 5.75 Å². The quantitative estimate of drug-likeness (QED) is 0.648. The number of ether oxygens (including phenoxy) is 1. The summed E-state index contributed by atoms with van der Waals surface area (Å²) in [5, 5.41) is 6.61. The number of benzene rings is 2. The number of rotatable bonds is 6. The number of carbonyl (C=O) groups excluding carboxylic acids is 1. The van der Waals surface area contributed by atoms with E-state index in [0.29, 0.717) is 28.6 Å². The third kappa shape index (κ3) is 4.99. The summed E-state index contributed by atoms with van der Waals surface area (Å²) in [6.45, 7) is 2.49. The zero-order chi connectivity index (χ0) is 19.2. The smallest absolute Gasteiger partial charge is 0.253 e. The Morgan fingerprint density at radius 3 is 2.70 bits per heavy atom. The van der Waals surface area contributed by atoms with Crippen molar-refractivity contribution >= 4 is 28.9 Å². The van der Waals surface area contributed by atoms with E-state index in [1.54, 1.807) is 31.5 Å². The predicted molar refractivity (Wildman–Crippen MR) is 108 cm³/mol. The van der Waals surface area contributed by atoms with Crippen molar-refractivity contribution in [2.75, 3.05) is 12.4 Å². The highest BCUT2D eigenvalue weighted by Gasteiger charge is 2.08.